The molecule has 3 rings (SSSR count). The predicted molar refractivity (Wildman–Crippen MR) is 111 cm³/mol. The standard InChI is InChI=1S/C24H24N2O2/c1-17-11-9-10-16-21(17)24(28)26(18(2)19-12-5-3-6-13-19)22(23(25)27)20-14-7-4-8-15-20/h3-16,18,22H,1-2H3,(H2,25,27)/t18-,22?/m1/s1. The number of hydrogen-bond acceptors (Lipinski definition) is 2. The number of carbonyl (C=O) groups excluding carboxylic acids is 2. The van der Waals surface area contributed by atoms with Crippen LogP contribution in [0.3, 0.4) is 0 Å². The van der Waals surface area contributed by atoms with Gasteiger partial charge in [0.05, 0.1) is 6.04 Å². The van der Waals surface area contributed by atoms with Crippen molar-refractivity contribution in [1.82, 2.24) is 4.90 Å². The number of carbonyl (C=O) groups is 2. The summed E-state index contributed by atoms with van der Waals surface area (Å²) in [6.07, 6.45) is 0. The second-order valence-corrected chi connectivity index (χ2v) is 6.83. The summed E-state index contributed by atoms with van der Waals surface area (Å²) >= 11 is 0. The van der Waals surface area contributed by atoms with Gasteiger partial charge in [0, 0.05) is 5.56 Å². The summed E-state index contributed by atoms with van der Waals surface area (Å²) in [6.45, 7) is 3.81. The molecule has 0 bridgehead atoms. The first-order valence-corrected chi connectivity index (χ1v) is 9.28. The molecule has 0 radical (unpaired) electrons. The van der Waals surface area contributed by atoms with Crippen molar-refractivity contribution >= 4 is 11.8 Å². The van der Waals surface area contributed by atoms with Gasteiger partial charge in [-0.3, -0.25) is 9.59 Å². The number of nitrogens with two attached hydrogens (primary N) is 1. The smallest absolute Gasteiger partial charge is 0.255 e. The summed E-state index contributed by atoms with van der Waals surface area (Å²) in [6, 6.07) is 25.0. The van der Waals surface area contributed by atoms with Crippen LogP contribution < -0.4 is 5.73 Å². The van der Waals surface area contributed by atoms with Crippen LogP contribution in [0.25, 0.3) is 0 Å². The number of hydrogen-bond donors (Lipinski definition) is 1. The highest BCUT2D eigenvalue weighted by molar-refractivity contribution is 5.99. The van der Waals surface area contributed by atoms with E-state index in [9.17, 15) is 9.59 Å². The van der Waals surface area contributed by atoms with Crippen molar-refractivity contribution in [3.05, 3.63) is 107 Å². The Hall–Kier alpha value is -3.40. The minimum absolute atomic E-state index is 0.220. The average molecular weight is 372 g/mol. The van der Waals surface area contributed by atoms with Crippen molar-refractivity contribution in [1.29, 1.82) is 0 Å². The molecule has 2 atom stereocenters. The van der Waals surface area contributed by atoms with Gasteiger partial charge in [-0.05, 0) is 36.6 Å². The Kier molecular flexibility index (Phi) is 5.90. The van der Waals surface area contributed by atoms with Gasteiger partial charge < -0.3 is 10.6 Å². The van der Waals surface area contributed by atoms with E-state index in [1.54, 1.807) is 11.0 Å². The van der Waals surface area contributed by atoms with Gasteiger partial charge in [0.15, 0.2) is 0 Å². The van der Waals surface area contributed by atoms with Gasteiger partial charge in [-0.1, -0.05) is 78.9 Å². The highest BCUT2D eigenvalue weighted by atomic mass is 16.2. The van der Waals surface area contributed by atoms with Gasteiger partial charge in [0.1, 0.15) is 6.04 Å². The molecule has 0 fully saturated rings. The topological polar surface area (TPSA) is 63.4 Å². The third-order valence-corrected chi connectivity index (χ3v) is 4.97. The summed E-state index contributed by atoms with van der Waals surface area (Å²) in [7, 11) is 0. The van der Waals surface area contributed by atoms with Crippen LogP contribution in [-0.4, -0.2) is 16.7 Å². The Bertz CT molecular complexity index is 955. The maximum Gasteiger partial charge on any atom is 0.255 e. The number of benzene rings is 3. The molecule has 0 spiro atoms. The first-order chi connectivity index (χ1) is 13.5. The van der Waals surface area contributed by atoms with E-state index < -0.39 is 11.9 Å². The Labute approximate surface area is 165 Å². The molecule has 2 N–H and O–H groups in total. The summed E-state index contributed by atoms with van der Waals surface area (Å²) < 4.78 is 0. The van der Waals surface area contributed by atoms with Gasteiger partial charge in [-0.15, -0.1) is 0 Å². The molecular weight excluding hydrogens is 348 g/mol. The molecule has 3 aromatic rings. The molecule has 0 saturated carbocycles. The van der Waals surface area contributed by atoms with Gasteiger partial charge in [-0.2, -0.15) is 0 Å². The summed E-state index contributed by atoms with van der Waals surface area (Å²) in [5, 5.41) is 0. The molecule has 0 aromatic heterocycles. The molecule has 142 valence electrons. The lowest BCUT2D eigenvalue weighted by Gasteiger charge is -2.36. The highest BCUT2D eigenvalue weighted by Gasteiger charge is 2.35. The molecule has 0 aliphatic carbocycles. The molecule has 0 saturated heterocycles. The molecule has 4 heteroatoms. The van der Waals surface area contributed by atoms with Gasteiger partial charge in [-0.25, -0.2) is 0 Å². The fraction of sp³-hybridized carbons (Fsp3) is 0.167. The van der Waals surface area contributed by atoms with Crippen molar-refractivity contribution in [3.8, 4) is 0 Å². The fourth-order valence-corrected chi connectivity index (χ4v) is 3.46. The third-order valence-electron chi connectivity index (χ3n) is 4.97. The summed E-state index contributed by atoms with van der Waals surface area (Å²) in [4.78, 5) is 27.7. The minimum Gasteiger partial charge on any atom is -0.368 e. The van der Waals surface area contributed by atoms with E-state index in [-0.39, 0.29) is 11.9 Å². The Morgan fingerprint density at radius 3 is 1.82 bits per heavy atom. The van der Waals surface area contributed by atoms with Crippen LogP contribution in [0, 0.1) is 6.92 Å². The SMILES string of the molecule is Cc1ccccc1C(=O)N(C(C(N)=O)c1ccccc1)[C@H](C)c1ccccc1. The number of amides is 2. The van der Waals surface area contributed by atoms with Crippen LogP contribution in [-0.2, 0) is 4.79 Å². The highest BCUT2D eigenvalue weighted by Crippen LogP contribution is 2.32. The zero-order valence-corrected chi connectivity index (χ0v) is 16.1. The van der Waals surface area contributed by atoms with Crippen molar-refractivity contribution in [2.45, 2.75) is 25.9 Å². The normalized spacial score (nSPS) is 12.8. The second kappa shape index (κ2) is 8.53. The number of nitrogens with zero attached hydrogens (tertiary/aromatic N) is 1. The van der Waals surface area contributed by atoms with Gasteiger partial charge in [0.2, 0.25) is 5.91 Å². The van der Waals surface area contributed by atoms with E-state index >= 15 is 0 Å². The molecule has 0 aliphatic rings. The van der Waals surface area contributed by atoms with Gasteiger partial charge in [0.25, 0.3) is 5.91 Å². The van der Waals surface area contributed by atoms with Crippen molar-refractivity contribution in [2.75, 3.05) is 0 Å². The van der Waals surface area contributed by atoms with E-state index in [4.69, 9.17) is 5.73 Å². The predicted octanol–water partition coefficient (Wildman–Crippen LogP) is 4.43. The maximum absolute atomic E-state index is 13.6. The first-order valence-electron chi connectivity index (χ1n) is 9.28. The van der Waals surface area contributed by atoms with E-state index in [0.717, 1.165) is 11.1 Å². The van der Waals surface area contributed by atoms with Crippen molar-refractivity contribution in [2.24, 2.45) is 5.73 Å². The van der Waals surface area contributed by atoms with Gasteiger partial charge >= 0.3 is 0 Å². The molecule has 4 nitrogen and oxygen atoms in total. The van der Waals surface area contributed by atoms with E-state index in [2.05, 4.69) is 0 Å². The van der Waals surface area contributed by atoms with Crippen LogP contribution in [0.5, 0.6) is 0 Å². The van der Waals surface area contributed by atoms with Crippen LogP contribution in [0.15, 0.2) is 84.9 Å². The average Bonchev–Trinajstić information content (AvgIpc) is 2.72. The van der Waals surface area contributed by atoms with Crippen LogP contribution >= 0.6 is 0 Å². The lowest BCUT2D eigenvalue weighted by molar-refractivity contribution is -0.123. The van der Waals surface area contributed by atoms with Crippen LogP contribution in [0.1, 0.15) is 46.1 Å². The summed E-state index contributed by atoms with van der Waals surface area (Å²) in [5.41, 5.74) is 8.86. The Morgan fingerprint density at radius 2 is 1.29 bits per heavy atom. The lowest BCUT2D eigenvalue weighted by atomic mass is 9.97. The number of aryl methyl sites for hydroxylation is 1. The molecule has 3 aromatic carbocycles. The molecule has 1 unspecified atom stereocenters. The molecule has 0 aliphatic heterocycles. The first kappa shape index (κ1) is 19.4. The Balaban J connectivity index is 2.14. The molecular formula is C24H24N2O2. The van der Waals surface area contributed by atoms with E-state index in [0.29, 0.717) is 11.1 Å². The van der Waals surface area contributed by atoms with Crippen molar-refractivity contribution in [3.63, 3.8) is 0 Å². The van der Waals surface area contributed by atoms with Crippen molar-refractivity contribution < 1.29 is 9.59 Å². The Morgan fingerprint density at radius 1 is 0.786 bits per heavy atom. The molecule has 2 amide bonds. The number of primary amides is 1. The van der Waals surface area contributed by atoms with E-state index in [1.807, 2.05) is 92.7 Å². The second-order valence-electron chi connectivity index (χ2n) is 6.83. The summed E-state index contributed by atoms with van der Waals surface area (Å²) in [5.74, 6) is -0.780. The lowest BCUT2D eigenvalue weighted by Crippen LogP contribution is -2.43. The maximum atomic E-state index is 13.6. The van der Waals surface area contributed by atoms with E-state index in [1.165, 1.54) is 0 Å². The molecule has 0 heterocycles. The quantitative estimate of drug-likeness (QED) is 0.696. The zero-order chi connectivity index (χ0) is 20.1. The van der Waals surface area contributed by atoms with Crippen LogP contribution in [0.4, 0.5) is 0 Å². The third kappa shape index (κ3) is 3.96. The fourth-order valence-electron chi connectivity index (χ4n) is 3.46. The number of rotatable bonds is 6. The molecule has 28 heavy (non-hydrogen) atoms. The minimum atomic E-state index is -0.872. The van der Waals surface area contributed by atoms with Crippen LogP contribution in [0.2, 0.25) is 0 Å². The zero-order valence-electron chi connectivity index (χ0n) is 16.1. The largest absolute Gasteiger partial charge is 0.368 e. The monoisotopic (exact) mass is 372 g/mol.